The second-order valence-electron chi connectivity index (χ2n) is 4.53. The lowest BCUT2D eigenvalue weighted by atomic mass is 10.2. The lowest BCUT2D eigenvalue weighted by Crippen LogP contribution is -2.32. The first-order valence-electron chi connectivity index (χ1n) is 6.67. The van der Waals surface area contributed by atoms with Gasteiger partial charge in [-0.3, -0.25) is 0 Å². The number of hydrogen-bond acceptors (Lipinski definition) is 5. The highest BCUT2D eigenvalue weighted by atomic mass is 32.2. The van der Waals surface area contributed by atoms with Crippen LogP contribution in [0.2, 0.25) is 0 Å². The molecule has 1 heterocycles. The van der Waals surface area contributed by atoms with Crippen LogP contribution in [-0.4, -0.2) is 25.6 Å². The molecule has 1 aliphatic rings. The van der Waals surface area contributed by atoms with Crippen LogP contribution >= 0.6 is 23.8 Å². The van der Waals surface area contributed by atoms with Crippen molar-refractivity contribution in [3.8, 4) is 11.5 Å². The van der Waals surface area contributed by atoms with Crippen molar-refractivity contribution in [2.75, 3.05) is 19.5 Å². The van der Waals surface area contributed by atoms with Gasteiger partial charge >= 0.3 is 0 Å². The summed E-state index contributed by atoms with van der Waals surface area (Å²) in [5.41, 5.74) is 0. The summed E-state index contributed by atoms with van der Waals surface area (Å²) in [7, 11) is 0. The van der Waals surface area contributed by atoms with Crippen molar-refractivity contribution in [1.29, 1.82) is 0 Å². The summed E-state index contributed by atoms with van der Waals surface area (Å²) in [6, 6.07) is 16.3. The highest BCUT2D eigenvalue weighted by Crippen LogP contribution is 2.37. The van der Waals surface area contributed by atoms with Crippen molar-refractivity contribution >= 4 is 23.8 Å². The van der Waals surface area contributed by atoms with E-state index >= 15 is 0 Å². The van der Waals surface area contributed by atoms with Gasteiger partial charge in [-0.1, -0.05) is 30.0 Å². The van der Waals surface area contributed by atoms with Gasteiger partial charge in [0.2, 0.25) is 0 Å². The van der Waals surface area contributed by atoms with Gasteiger partial charge in [0.25, 0.3) is 0 Å². The van der Waals surface area contributed by atoms with Crippen LogP contribution in [0.25, 0.3) is 0 Å². The van der Waals surface area contributed by atoms with Crippen molar-refractivity contribution in [2.45, 2.75) is 15.9 Å². The zero-order valence-electron chi connectivity index (χ0n) is 11.7. The summed E-state index contributed by atoms with van der Waals surface area (Å²) in [6.45, 7) is 1.05. The minimum Gasteiger partial charge on any atom is -0.486 e. The first kappa shape index (κ1) is 14.6. The molecule has 0 amide bonds. The Morgan fingerprint density at radius 1 is 1.10 bits per heavy atom. The molecule has 0 bridgehead atoms. The highest BCUT2D eigenvalue weighted by molar-refractivity contribution is 7.99. The number of hydrogen-bond donors (Lipinski definition) is 0. The summed E-state index contributed by atoms with van der Waals surface area (Å²) in [6.07, 6.45) is 1.84. The molecule has 0 unspecified atom stereocenters. The van der Waals surface area contributed by atoms with Gasteiger partial charge in [-0.2, -0.15) is 0 Å². The second-order valence-corrected chi connectivity index (χ2v) is 6.24. The summed E-state index contributed by atoms with van der Waals surface area (Å²) in [4.78, 5) is 2.34. The fourth-order valence-corrected chi connectivity index (χ4v) is 3.17. The molecule has 0 N–H and O–H groups in total. The van der Waals surface area contributed by atoms with Crippen LogP contribution < -0.4 is 9.47 Å². The Morgan fingerprint density at radius 2 is 1.95 bits per heavy atom. The van der Waals surface area contributed by atoms with Gasteiger partial charge in [0.05, 0.1) is 0 Å². The first-order valence-corrected chi connectivity index (χ1v) is 8.64. The SMILES string of the molecule is CSOC[C@@H]1COc2ccc(Sc3ccccc3)cc2O1. The predicted octanol–water partition coefficient (Wildman–Crippen LogP) is 4.27. The third kappa shape index (κ3) is 3.87. The van der Waals surface area contributed by atoms with E-state index in [1.165, 1.54) is 16.9 Å². The van der Waals surface area contributed by atoms with E-state index in [-0.39, 0.29) is 6.10 Å². The normalized spacial score (nSPS) is 16.7. The van der Waals surface area contributed by atoms with Crippen molar-refractivity contribution in [1.82, 2.24) is 0 Å². The Balaban J connectivity index is 1.72. The van der Waals surface area contributed by atoms with Gasteiger partial charge in [-0.05, 0) is 42.4 Å². The maximum absolute atomic E-state index is 5.94. The smallest absolute Gasteiger partial charge is 0.163 e. The van der Waals surface area contributed by atoms with Crippen LogP contribution in [0.3, 0.4) is 0 Å². The van der Waals surface area contributed by atoms with E-state index in [1.807, 2.05) is 36.6 Å². The van der Waals surface area contributed by atoms with Crippen molar-refractivity contribution in [2.24, 2.45) is 0 Å². The summed E-state index contributed by atoms with van der Waals surface area (Å²) < 4.78 is 17.0. The van der Waals surface area contributed by atoms with E-state index in [4.69, 9.17) is 13.7 Å². The van der Waals surface area contributed by atoms with Crippen LogP contribution in [0, 0.1) is 0 Å². The van der Waals surface area contributed by atoms with E-state index in [0.717, 1.165) is 16.4 Å². The summed E-state index contributed by atoms with van der Waals surface area (Å²) in [5.74, 6) is 1.59. The quantitative estimate of drug-likeness (QED) is 0.767. The maximum Gasteiger partial charge on any atom is 0.163 e. The Labute approximate surface area is 133 Å². The van der Waals surface area contributed by atoms with E-state index in [1.54, 1.807) is 11.8 Å². The lowest BCUT2D eigenvalue weighted by molar-refractivity contribution is 0.0595. The molecule has 0 radical (unpaired) electrons. The zero-order chi connectivity index (χ0) is 14.5. The average molecular weight is 320 g/mol. The highest BCUT2D eigenvalue weighted by Gasteiger charge is 2.21. The van der Waals surface area contributed by atoms with E-state index in [0.29, 0.717) is 13.2 Å². The fraction of sp³-hybridized carbons (Fsp3) is 0.250. The largest absolute Gasteiger partial charge is 0.486 e. The molecule has 0 spiro atoms. The number of ether oxygens (including phenoxy) is 2. The van der Waals surface area contributed by atoms with E-state index < -0.39 is 0 Å². The molecule has 3 nitrogen and oxygen atoms in total. The number of fused-ring (bicyclic) bond motifs is 1. The zero-order valence-corrected chi connectivity index (χ0v) is 13.3. The molecule has 1 aliphatic heterocycles. The van der Waals surface area contributed by atoms with Crippen molar-refractivity contribution in [3.05, 3.63) is 48.5 Å². The fourth-order valence-electron chi connectivity index (χ4n) is 2.01. The summed E-state index contributed by atoms with van der Waals surface area (Å²) in [5, 5.41) is 0. The Kier molecular flexibility index (Phi) is 4.95. The molecule has 21 heavy (non-hydrogen) atoms. The Hall–Kier alpha value is -1.30. The minimum absolute atomic E-state index is 0.0538. The molecule has 0 aromatic heterocycles. The standard InChI is InChI=1S/C16H16O3S2/c1-20-18-11-12-10-17-15-8-7-14(9-16(15)19-12)21-13-5-3-2-4-6-13/h2-9,12H,10-11H2,1H3/t12-/m0/s1. The van der Waals surface area contributed by atoms with Crippen molar-refractivity contribution < 1.29 is 13.7 Å². The topological polar surface area (TPSA) is 27.7 Å². The number of rotatable bonds is 5. The molecule has 3 rings (SSSR count). The Bertz CT molecular complexity index is 589. The molecule has 1 atom stereocenters. The van der Waals surface area contributed by atoms with Gasteiger partial charge in [0.15, 0.2) is 17.6 Å². The van der Waals surface area contributed by atoms with Crippen molar-refractivity contribution in [3.63, 3.8) is 0 Å². The molecule has 0 aliphatic carbocycles. The first-order chi connectivity index (χ1) is 10.3. The molecular formula is C16H16O3S2. The molecule has 5 heteroatoms. The molecule has 0 saturated heterocycles. The van der Waals surface area contributed by atoms with Gasteiger partial charge in [0, 0.05) is 16.0 Å². The predicted molar refractivity (Wildman–Crippen MR) is 86.4 cm³/mol. The lowest BCUT2D eigenvalue weighted by Gasteiger charge is -2.26. The van der Waals surface area contributed by atoms with Gasteiger partial charge < -0.3 is 13.7 Å². The maximum atomic E-state index is 5.94. The van der Waals surface area contributed by atoms with Gasteiger partial charge in [-0.25, -0.2) is 0 Å². The average Bonchev–Trinajstić information content (AvgIpc) is 2.53. The third-order valence-electron chi connectivity index (χ3n) is 2.98. The molecule has 0 saturated carbocycles. The van der Waals surface area contributed by atoms with Crippen LogP contribution in [0.4, 0.5) is 0 Å². The molecule has 0 fully saturated rings. The minimum atomic E-state index is -0.0538. The van der Waals surface area contributed by atoms with Gasteiger partial charge in [-0.15, -0.1) is 0 Å². The van der Waals surface area contributed by atoms with E-state index in [2.05, 4.69) is 18.2 Å². The molecule has 110 valence electrons. The van der Waals surface area contributed by atoms with Crippen LogP contribution in [0.5, 0.6) is 11.5 Å². The Morgan fingerprint density at radius 3 is 2.76 bits per heavy atom. The monoisotopic (exact) mass is 320 g/mol. The molecule has 2 aromatic carbocycles. The molecular weight excluding hydrogens is 304 g/mol. The van der Waals surface area contributed by atoms with Crippen LogP contribution in [-0.2, 0) is 4.18 Å². The van der Waals surface area contributed by atoms with E-state index in [9.17, 15) is 0 Å². The third-order valence-corrected chi connectivity index (χ3v) is 4.35. The van der Waals surface area contributed by atoms with Gasteiger partial charge in [0.1, 0.15) is 13.2 Å². The van der Waals surface area contributed by atoms with Crippen LogP contribution in [0.1, 0.15) is 0 Å². The second kappa shape index (κ2) is 7.11. The van der Waals surface area contributed by atoms with Crippen LogP contribution in [0.15, 0.2) is 58.3 Å². The summed E-state index contributed by atoms with van der Waals surface area (Å²) >= 11 is 3.05. The number of benzene rings is 2. The molecule has 2 aromatic rings.